The zero-order valence-corrected chi connectivity index (χ0v) is 12.8. The summed E-state index contributed by atoms with van der Waals surface area (Å²) in [4.78, 5) is 25.6. The lowest BCUT2D eigenvalue weighted by Crippen LogP contribution is -2.49. The van der Waals surface area contributed by atoms with E-state index in [9.17, 15) is 9.59 Å². The molecular formula is C15H21ClN2O3. The molecule has 21 heavy (non-hydrogen) atoms. The van der Waals surface area contributed by atoms with Gasteiger partial charge in [-0.05, 0) is 24.8 Å². The smallest absolute Gasteiger partial charge is 0.328 e. The number of halogens is 1. The Balaban J connectivity index is 0.00000220. The van der Waals surface area contributed by atoms with E-state index in [2.05, 4.69) is 0 Å². The fourth-order valence-electron chi connectivity index (χ4n) is 2.58. The molecule has 0 saturated carbocycles. The molecule has 1 fully saturated rings. The number of ether oxygens (including phenoxy) is 1. The highest BCUT2D eigenvalue weighted by Crippen LogP contribution is 2.19. The summed E-state index contributed by atoms with van der Waals surface area (Å²) in [6.45, 7) is 0.571. The maximum Gasteiger partial charge on any atom is 0.328 e. The Bertz CT molecular complexity index is 481. The van der Waals surface area contributed by atoms with Gasteiger partial charge in [0.05, 0.1) is 13.2 Å². The normalized spacial score (nSPS) is 18.8. The zero-order valence-electron chi connectivity index (χ0n) is 12.0. The number of carbonyl (C=O) groups is 2. The molecule has 1 aliphatic heterocycles. The number of nitrogens with two attached hydrogens (primary N) is 1. The first-order valence-electron chi connectivity index (χ1n) is 6.81. The quantitative estimate of drug-likeness (QED) is 0.846. The third-order valence-corrected chi connectivity index (χ3v) is 3.62. The van der Waals surface area contributed by atoms with E-state index in [1.807, 2.05) is 30.3 Å². The Hall–Kier alpha value is -1.59. The maximum absolute atomic E-state index is 12.4. The number of esters is 1. The Morgan fingerprint density at radius 3 is 2.67 bits per heavy atom. The summed E-state index contributed by atoms with van der Waals surface area (Å²) in [7, 11) is 1.34. The molecule has 0 aromatic heterocycles. The molecule has 1 aliphatic rings. The molecule has 0 bridgehead atoms. The van der Waals surface area contributed by atoms with Crippen LogP contribution >= 0.6 is 12.4 Å². The Morgan fingerprint density at radius 2 is 2.05 bits per heavy atom. The number of carbonyl (C=O) groups excluding carboxylic acids is 2. The highest BCUT2D eigenvalue weighted by Gasteiger charge is 2.36. The monoisotopic (exact) mass is 312 g/mol. The first kappa shape index (κ1) is 17.5. The fraction of sp³-hybridized carbons (Fsp3) is 0.467. The molecule has 1 heterocycles. The van der Waals surface area contributed by atoms with Crippen LogP contribution in [0.25, 0.3) is 0 Å². The molecular weight excluding hydrogens is 292 g/mol. The van der Waals surface area contributed by atoms with E-state index in [-0.39, 0.29) is 24.3 Å². The van der Waals surface area contributed by atoms with Crippen molar-refractivity contribution in [3.63, 3.8) is 0 Å². The average Bonchev–Trinajstić information content (AvgIpc) is 2.96. The third-order valence-electron chi connectivity index (χ3n) is 3.62. The molecule has 1 aromatic rings. The van der Waals surface area contributed by atoms with Gasteiger partial charge in [-0.2, -0.15) is 0 Å². The molecule has 2 atom stereocenters. The van der Waals surface area contributed by atoms with E-state index in [4.69, 9.17) is 10.5 Å². The van der Waals surface area contributed by atoms with Gasteiger partial charge in [0.2, 0.25) is 5.91 Å². The number of amides is 1. The lowest BCUT2D eigenvalue weighted by Gasteiger charge is -2.25. The summed E-state index contributed by atoms with van der Waals surface area (Å²) < 4.78 is 4.74. The van der Waals surface area contributed by atoms with Gasteiger partial charge < -0.3 is 15.4 Å². The minimum Gasteiger partial charge on any atom is -0.467 e. The molecule has 1 saturated heterocycles. The van der Waals surface area contributed by atoms with Crippen LogP contribution in [0.15, 0.2) is 30.3 Å². The van der Waals surface area contributed by atoms with Crippen molar-refractivity contribution in [1.29, 1.82) is 0 Å². The maximum atomic E-state index is 12.4. The number of methoxy groups -OCH3 is 1. The van der Waals surface area contributed by atoms with Crippen molar-refractivity contribution < 1.29 is 14.3 Å². The standard InChI is InChI=1S/C15H20N2O3.ClH/c1-20-15(19)13-8-5-9-17(13)14(18)12(16)10-11-6-3-2-4-7-11;/h2-4,6-7,12-13H,5,8-10,16H2,1H3;1H/t12-,13+;/m1./s1. The second-order valence-electron chi connectivity index (χ2n) is 5.01. The van der Waals surface area contributed by atoms with E-state index in [0.29, 0.717) is 19.4 Å². The van der Waals surface area contributed by atoms with Crippen molar-refractivity contribution in [2.24, 2.45) is 5.73 Å². The topological polar surface area (TPSA) is 72.6 Å². The molecule has 116 valence electrons. The van der Waals surface area contributed by atoms with Gasteiger partial charge in [0.15, 0.2) is 0 Å². The number of hydrogen-bond acceptors (Lipinski definition) is 4. The summed E-state index contributed by atoms with van der Waals surface area (Å²) in [6.07, 6.45) is 1.93. The lowest BCUT2D eigenvalue weighted by molar-refractivity contribution is -0.151. The van der Waals surface area contributed by atoms with Crippen molar-refractivity contribution in [2.75, 3.05) is 13.7 Å². The van der Waals surface area contributed by atoms with Crippen LogP contribution in [0, 0.1) is 0 Å². The van der Waals surface area contributed by atoms with E-state index in [1.165, 1.54) is 7.11 Å². The minimum atomic E-state index is -0.623. The van der Waals surface area contributed by atoms with Crippen LogP contribution in [0.4, 0.5) is 0 Å². The van der Waals surface area contributed by atoms with Crippen molar-refractivity contribution in [1.82, 2.24) is 4.90 Å². The second-order valence-corrected chi connectivity index (χ2v) is 5.01. The number of likely N-dealkylation sites (tertiary alicyclic amines) is 1. The van der Waals surface area contributed by atoms with Crippen LogP contribution in [0.5, 0.6) is 0 Å². The first-order chi connectivity index (χ1) is 9.63. The van der Waals surface area contributed by atoms with Crippen LogP contribution in [0.1, 0.15) is 18.4 Å². The van der Waals surface area contributed by atoms with Gasteiger partial charge in [0, 0.05) is 6.54 Å². The van der Waals surface area contributed by atoms with E-state index in [1.54, 1.807) is 4.90 Å². The average molecular weight is 313 g/mol. The number of nitrogens with zero attached hydrogens (tertiary/aromatic N) is 1. The van der Waals surface area contributed by atoms with Crippen molar-refractivity contribution >= 4 is 24.3 Å². The predicted molar refractivity (Wildman–Crippen MR) is 82.1 cm³/mol. The molecule has 0 radical (unpaired) electrons. The third kappa shape index (κ3) is 4.19. The largest absolute Gasteiger partial charge is 0.467 e. The summed E-state index contributed by atoms with van der Waals surface area (Å²) in [5.41, 5.74) is 7.01. The molecule has 5 nitrogen and oxygen atoms in total. The molecule has 0 aliphatic carbocycles. The first-order valence-corrected chi connectivity index (χ1v) is 6.81. The summed E-state index contributed by atoms with van der Waals surface area (Å²) in [5.74, 6) is -0.537. The SMILES string of the molecule is COC(=O)[C@@H]1CCCN1C(=O)[C@H](N)Cc1ccccc1.Cl. The molecule has 1 aromatic carbocycles. The van der Waals surface area contributed by atoms with Crippen molar-refractivity contribution in [3.05, 3.63) is 35.9 Å². The molecule has 0 spiro atoms. The second kappa shape index (κ2) is 8.00. The van der Waals surface area contributed by atoms with E-state index >= 15 is 0 Å². The minimum absolute atomic E-state index is 0. The summed E-state index contributed by atoms with van der Waals surface area (Å²) in [5, 5.41) is 0. The zero-order chi connectivity index (χ0) is 14.5. The van der Waals surface area contributed by atoms with Crippen molar-refractivity contribution in [3.8, 4) is 0 Å². The van der Waals surface area contributed by atoms with Gasteiger partial charge >= 0.3 is 5.97 Å². The van der Waals surface area contributed by atoms with Crippen LogP contribution in [-0.4, -0.2) is 42.5 Å². The van der Waals surface area contributed by atoms with Crippen LogP contribution in [-0.2, 0) is 20.7 Å². The Morgan fingerprint density at radius 1 is 1.38 bits per heavy atom. The van der Waals surface area contributed by atoms with Crippen LogP contribution in [0.2, 0.25) is 0 Å². The van der Waals surface area contributed by atoms with Gasteiger partial charge in [0.1, 0.15) is 6.04 Å². The highest BCUT2D eigenvalue weighted by molar-refractivity contribution is 5.88. The van der Waals surface area contributed by atoms with Crippen LogP contribution in [0.3, 0.4) is 0 Å². The number of rotatable bonds is 4. The molecule has 1 amide bonds. The van der Waals surface area contributed by atoms with Gasteiger partial charge in [-0.3, -0.25) is 4.79 Å². The highest BCUT2D eigenvalue weighted by atomic mass is 35.5. The van der Waals surface area contributed by atoms with Gasteiger partial charge in [-0.15, -0.1) is 12.4 Å². The number of hydrogen-bond donors (Lipinski definition) is 1. The summed E-state index contributed by atoms with van der Waals surface area (Å²) in [6, 6.07) is 8.53. The fourth-order valence-corrected chi connectivity index (χ4v) is 2.58. The summed E-state index contributed by atoms with van der Waals surface area (Å²) >= 11 is 0. The molecule has 2 N–H and O–H groups in total. The molecule has 0 unspecified atom stereocenters. The van der Waals surface area contributed by atoms with E-state index < -0.39 is 12.1 Å². The van der Waals surface area contributed by atoms with Crippen molar-refractivity contribution in [2.45, 2.75) is 31.3 Å². The Labute approximate surface area is 130 Å². The van der Waals surface area contributed by atoms with Gasteiger partial charge in [-0.25, -0.2) is 4.79 Å². The van der Waals surface area contributed by atoms with Gasteiger partial charge in [0.25, 0.3) is 0 Å². The van der Waals surface area contributed by atoms with E-state index in [0.717, 1.165) is 12.0 Å². The molecule has 6 heteroatoms. The molecule has 2 rings (SSSR count). The van der Waals surface area contributed by atoms with Crippen LogP contribution < -0.4 is 5.73 Å². The van der Waals surface area contributed by atoms with Gasteiger partial charge in [-0.1, -0.05) is 30.3 Å². The number of benzene rings is 1. The lowest BCUT2D eigenvalue weighted by atomic mass is 10.1. The predicted octanol–water partition coefficient (Wildman–Crippen LogP) is 1.14. The Kier molecular flexibility index (Phi) is 6.65.